The van der Waals surface area contributed by atoms with Crippen molar-refractivity contribution in [1.82, 2.24) is 14.9 Å². The lowest BCUT2D eigenvalue weighted by Gasteiger charge is -2.28. The normalized spacial score (nSPS) is 26.1. The second kappa shape index (κ2) is 12.6. The van der Waals surface area contributed by atoms with E-state index in [4.69, 9.17) is 4.98 Å². The molecule has 1 aliphatic carbocycles. The monoisotopic (exact) mass is 427 g/mol. The number of likely N-dealkylation sites (tertiary alicyclic amines) is 1. The van der Waals surface area contributed by atoms with Crippen LogP contribution in [0.15, 0.2) is 12.3 Å². The maximum atomic E-state index is 4.89. The molecule has 1 atom stereocenters. The van der Waals surface area contributed by atoms with E-state index in [9.17, 15) is 0 Å². The molecule has 1 aromatic rings. The van der Waals surface area contributed by atoms with E-state index in [-0.39, 0.29) is 0 Å². The van der Waals surface area contributed by atoms with E-state index in [1.165, 1.54) is 109 Å². The Labute approximate surface area is 190 Å². The van der Waals surface area contributed by atoms with E-state index in [0.29, 0.717) is 6.04 Å². The minimum absolute atomic E-state index is 0.487. The molecule has 0 aromatic carbocycles. The van der Waals surface area contributed by atoms with Crippen molar-refractivity contribution in [2.45, 2.75) is 115 Å². The third-order valence-electron chi connectivity index (χ3n) is 7.71. The van der Waals surface area contributed by atoms with Gasteiger partial charge in [-0.2, -0.15) is 4.98 Å². The molecule has 0 radical (unpaired) electrons. The van der Waals surface area contributed by atoms with Gasteiger partial charge in [0.25, 0.3) is 0 Å². The van der Waals surface area contributed by atoms with Crippen LogP contribution < -0.4 is 10.2 Å². The number of anilines is 2. The topological polar surface area (TPSA) is 44.3 Å². The lowest BCUT2D eigenvalue weighted by molar-refractivity contribution is 0.207. The first-order valence-corrected chi connectivity index (χ1v) is 13.5. The summed E-state index contributed by atoms with van der Waals surface area (Å²) < 4.78 is 0. The average Bonchev–Trinajstić information content (AvgIpc) is 3.06. The van der Waals surface area contributed by atoms with E-state index in [1.807, 2.05) is 6.20 Å². The molecule has 174 valence electrons. The first-order chi connectivity index (χ1) is 15.4. The SMILES string of the molecule is c1cc(N2CCCCCC2)nc(NC2CCN(C3CCCCCCCCCCC3)C2)n1. The summed E-state index contributed by atoms with van der Waals surface area (Å²) in [6.45, 7) is 4.65. The van der Waals surface area contributed by atoms with Crippen molar-refractivity contribution >= 4 is 11.8 Å². The molecule has 0 amide bonds. The summed E-state index contributed by atoms with van der Waals surface area (Å²) in [4.78, 5) is 14.7. The highest BCUT2D eigenvalue weighted by Crippen LogP contribution is 2.25. The van der Waals surface area contributed by atoms with Crippen LogP contribution in [0.5, 0.6) is 0 Å². The van der Waals surface area contributed by atoms with E-state index in [2.05, 4.69) is 26.2 Å². The van der Waals surface area contributed by atoms with Gasteiger partial charge >= 0.3 is 0 Å². The van der Waals surface area contributed by atoms with E-state index in [1.54, 1.807) is 0 Å². The zero-order valence-corrected chi connectivity index (χ0v) is 19.7. The molecule has 5 nitrogen and oxygen atoms in total. The van der Waals surface area contributed by atoms with E-state index in [0.717, 1.165) is 37.4 Å². The molecule has 4 rings (SSSR count). The maximum Gasteiger partial charge on any atom is 0.224 e. The summed E-state index contributed by atoms with van der Waals surface area (Å²) in [7, 11) is 0. The second-order valence-corrected chi connectivity index (χ2v) is 10.2. The quantitative estimate of drug-likeness (QED) is 0.637. The smallest absolute Gasteiger partial charge is 0.224 e. The molecule has 1 saturated carbocycles. The molecule has 3 fully saturated rings. The van der Waals surface area contributed by atoms with Gasteiger partial charge in [-0.25, -0.2) is 4.98 Å². The highest BCUT2D eigenvalue weighted by Gasteiger charge is 2.28. The number of aromatic nitrogens is 2. The maximum absolute atomic E-state index is 4.89. The molecule has 2 saturated heterocycles. The van der Waals surface area contributed by atoms with Crippen molar-refractivity contribution in [2.75, 3.05) is 36.4 Å². The second-order valence-electron chi connectivity index (χ2n) is 10.2. The van der Waals surface area contributed by atoms with Crippen molar-refractivity contribution in [3.8, 4) is 0 Å². The van der Waals surface area contributed by atoms with Crippen LogP contribution in [0.1, 0.15) is 103 Å². The Kier molecular flexibility index (Phi) is 9.29. The molecular weight excluding hydrogens is 382 g/mol. The molecule has 3 heterocycles. The fraction of sp³-hybridized carbons (Fsp3) is 0.846. The van der Waals surface area contributed by atoms with Crippen LogP contribution in [0.4, 0.5) is 11.8 Å². The predicted molar refractivity (Wildman–Crippen MR) is 131 cm³/mol. The lowest BCUT2D eigenvalue weighted by atomic mass is 9.97. The van der Waals surface area contributed by atoms with E-state index >= 15 is 0 Å². The molecule has 3 aliphatic rings. The van der Waals surface area contributed by atoms with Gasteiger partial charge in [-0.05, 0) is 38.2 Å². The van der Waals surface area contributed by atoms with Crippen molar-refractivity contribution in [3.63, 3.8) is 0 Å². The Morgan fingerprint density at radius 2 is 1.32 bits per heavy atom. The van der Waals surface area contributed by atoms with Crippen molar-refractivity contribution in [3.05, 3.63) is 12.3 Å². The number of rotatable bonds is 4. The van der Waals surface area contributed by atoms with Gasteiger partial charge in [0.1, 0.15) is 5.82 Å². The number of hydrogen-bond donors (Lipinski definition) is 1. The summed E-state index contributed by atoms with van der Waals surface area (Å²) in [6, 6.07) is 3.36. The largest absolute Gasteiger partial charge is 0.356 e. The number of nitrogens with zero attached hydrogens (tertiary/aromatic N) is 4. The van der Waals surface area contributed by atoms with Crippen LogP contribution in [0.3, 0.4) is 0 Å². The van der Waals surface area contributed by atoms with Gasteiger partial charge in [0.2, 0.25) is 5.95 Å². The zero-order chi connectivity index (χ0) is 21.1. The molecule has 31 heavy (non-hydrogen) atoms. The van der Waals surface area contributed by atoms with E-state index < -0.39 is 0 Å². The van der Waals surface area contributed by atoms with Gasteiger partial charge in [-0.1, -0.05) is 70.6 Å². The van der Waals surface area contributed by atoms with Crippen LogP contribution in [0, 0.1) is 0 Å². The molecule has 0 bridgehead atoms. The van der Waals surface area contributed by atoms with Crippen LogP contribution in [-0.2, 0) is 0 Å². The fourth-order valence-electron chi connectivity index (χ4n) is 5.82. The minimum atomic E-state index is 0.487. The highest BCUT2D eigenvalue weighted by molar-refractivity contribution is 5.43. The molecule has 0 spiro atoms. The Bertz CT molecular complexity index is 616. The lowest BCUT2D eigenvalue weighted by Crippen LogP contribution is -2.35. The van der Waals surface area contributed by atoms with Crippen LogP contribution >= 0.6 is 0 Å². The van der Waals surface area contributed by atoms with Gasteiger partial charge < -0.3 is 10.2 Å². The zero-order valence-electron chi connectivity index (χ0n) is 19.7. The first kappa shape index (κ1) is 22.8. The van der Waals surface area contributed by atoms with Crippen molar-refractivity contribution in [2.24, 2.45) is 0 Å². The van der Waals surface area contributed by atoms with Gasteiger partial charge in [-0.3, -0.25) is 4.90 Å². The summed E-state index contributed by atoms with van der Waals surface area (Å²) in [6.07, 6.45) is 24.2. The molecule has 1 N–H and O–H groups in total. The van der Waals surface area contributed by atoms with Crippen LogP contribution in [-0.4, -0.2) is 53.1 Å². The Hall–Kier alpha value is -1.36. The number of hydrogen-bond acceptors (Lipinski definition) is 5. The standard InChI is InChI=1S/C26H45N5/c1-2-4-6-10-14-24(15-11-7-5-3-1)31-21-17-23(22-31)28-26-27-18-16-25(29-26)30-19-12-8-9-13-20-30/h16,18,23-24H,1-15,17,19-22H2,(H,27,28,29). The average molecular weight is 428 g/mol. The van der Waals surface area contributed by atoms with Crippen molar-refractivity contribution in [1.29, 1.82) is 0 Å². The Balaban J connectivity index is 1.29. The fourth-order valence-corrected chi connectivity index (χ4v) is 5.82. The number of nitrogens with one attached hydrogen (secondary N) is 1. The molecule has 1 aromatic heterocycles. The van der Waals surface area contributed by atoms with Crippen molar-refractivity contribution < 1.29 is 0 Å². The highest BCUT2D eigenvalue weighted by atomic mass is 15.3. The summed E-state index contributed by atoms with van der Waals surface area (Å²) in [5.74, 6) is 1.93. The minimum Gasteiger partial charge on any atom is -0.356 e. The Morgan fingerprint density at radius 3 is 2.00 bits per heavy atom. The molecular formula is C26H45N5. The van der Waals surface area contributed by atoms with Crippen LogP contribution in [0.25, 0.3) is 0 Å². The summed E-state index contributed by atoms with van der Waals surface area (Å²) in [5, 5.41) is 3.68. The molecule has 1 unspecified atom stereocenters. The van der Waals surface area contributed by atoms with Gasteiger partial charge in [-0.15, -0.1) is 0 Å². The third kappa shape index (κ3) is 7.34. The van der Waals surface area contributed by atoms with Gasteiger partial charge in [0.05, 0.1) is 0 Å². The third-order valence-corrected chi connectivity index (χ3v) is 7.71. The molecule has 2 aliphatic heterocycles. The predicted octanol–water partition coefficient (Wildman–Crippen LogP) is 6.02. The Morgan fingerprint density at radius 1 is 0.710 bits per heavy atom. The molecule has 5 heteroatoms. The summed E-state index contributed by atoms with van der Waals surface area (Å²) >= 11 is 0. The van der Waals surface area contributed by atoms with Gasteiger partial charge in [0, 0.05) is 44.5 Å². The van der Waals surface area contributed by atoms with Gasteiger partial charge in [0.15, 0.2) is 0 Å². The first-order valence-electron chi connectivity index (χ1n) is 13.5. The van der Waals surface area contributed by atoms with Crippen LogP contribution in [0.2, 0.25) is 0 Å². The summed E-state index contributed by atoms with van der Waals surface area (Å²) in [5.41, 5.74) is 0.